The topological polar surface area (TPSA) is 66.5 Å². The molecule has 0 spiro atoms. The van der Waals surface area contributed by atoms with Crippen molar-refractivity contribution in [1.82, 2.24) is 4.90 Å². The maximum atomic E-state index is 13.8. The van der Waals surface area contributed by atoms with E-state index in [0.29, 0.717) is 18.5 Å². The zero-order valence-electron chi connectivity index (χ0n) is 18.9. The van der Waals surface area contributed by atoms with E-state index in [1.54, 1.807) is 0 Å². The predicted molar refractivity (Wildman–Crippen MR) is 128 cm³/mol. The lowest BCUT2D eigenvalue weighted by Gasteiger charge is -2.49. The largest absolute Gasteiger partial charge is 0.324 e. The lowest BCUT2D eigenvalue weighted by molar-refractivity contribution is -0.172. The zero-order chi connectivity index (χ0) is 23.3. The van der Waals surface area contributed by atoms with Gasteiger partial charge in [0, 0.05) is 22.5 Å². The van der Waals surface area contributed by atoms with Gasteiger partial charge in [0.05, 0.1) is 5.41 Å². The average Bonchev–Trinajstić information content (AvgIpc) is 2.93. The molecule has 3 atom stereocenters. The van der Waals surface area contributed by atoms with Crippen molar-refractivity contribution in [2.24, 2.45) is 16.7 Å². The molecule has 1 aliphatic carbocycles. The van der Waals surface area contributed by atoms with Crippen LogP contribution in [0, 0.1) is 23.7 Å². The molecular weight excluding hydrogens is 468 g/mol. The van der Waals surface area contributed by atoms with Gasteiger partial charge in [0.2, 0.25) is 17.7 Å². The highest BCUT2D eigenvalue weighted by Crippen LogP contribution is 2.60. The average molecular weight is 497 g/mol. The van der Waals surface area contributed by atoms with E-state index >= 15 is 0 Å². The standard InChI is InChI=1S/C26H29BrN2O3/c1-16-14-18(27)10-11-20(16)28-22(30)21(15-17-8-6-5-7-9-17)29-23(31)19-12-13-26(4,24(29)32)25(19,2)3/h5-11,14,19,21H,12-13,15H2,1-4H3,(H,28,30). The van der Waals surface area contributed by atoms with Crippen LogP contribution in [0.4, 0.5) is 5.69 Å². The summed E-state index contributed by atoms with van der Waals surface area (Å²) in [7, 11) is 0. The molecule has 5 nitrogen and oxygen atoms in total. The third-order valence-corrected chi connectivity index (χ3v) is 8.28. The van der Waals surface area contributed by atoms with Gasteiger partial charge >= 0.3 is 0 Å². The highest BCUT2D eigenvalue weighted by atomic mass is 79.9. The Kier molecular flexibility index (Phi) is 5.78. The van der Waals surface area contributed by atoms with E-state index in [4.69, 9.17) is 0 Å². The summed E-state index contributed by atoms with van der Waals surface area (Å²) in [5.41, 5.74) is 1.39. The Bertz CT molecular complexity index is 1080. The van der Waals surface area contributed by atoms with Crippen molar-refractivity contribution in [3.63, 3.8) is 0 Å². The van der Waals surface area contributed by atoms with Gasteiger partial charge in [0.15, 0.2) is 0 Å². The first-order chi connectivity index (χ1) is 15.1. The van der Waals surface area contributed by atoms with E-state index in [1.807, 2.05) is 76.2 Å². The number of carbonyl (C=O) groups excluding carboxylic acids is 3. The number of anilines is 1. The van der Waals surface area contributed by atoms with E-state index in [0.717, 1.165) is 15.6 Å². The van der Waals surface area contributed by atoms with Gasteiger partial charge in [0.25, 0.3) is 0 Å². The number of imide groups is 1. The van der Waals surface area contributed by atoms with Gasteiger partial charge in [-0.3, -0.25) is 19.3 Å². The molecule has 3 unspecified atom stereocenters. The number of halogens is 1. The Labute approximate surface area is 197 Å². The molecule has 2 aliphatic rings. The molecule has 4 rings (SSSR count). The minimum Gasteiger partial charge on any atom is -0.324 e. The van der Waals surface area contributed by atoms with Crippen LogP contribution in [0.3, 0.4) is 0 Å². The second-order valence-corrected chi connectivity index (χ2v) is 10.7. The van der Waals surface area contributed by atoms with E-state index in [9.17, 15) is 14.4 Å². The number of hydrogen-bond acceptors (Lipinski definition) is 3. The smallest absolute Gasteiger partial charge is 0.248 e. The van der Waals surface area contributed by atoms with Crippen molar-refractivity contribution < 1.29 is 14.4 Å². The molecule has 0 aromatic heterocycles. The van der Waals surface area contributed by atoms with Crippen molar-refractivity contribution in [3.05, 3.63) is 64.1 Å². The number of carbonyl (C=O) groups is 3. The molecule has 168 valence electrons. The molecule has 2 bridgehead atoms. The fourth-order valence-electron chi connectivity index (χ4n) is 5.27. The molecular formula is C26H29BrN2O3. The molecule has 1 aliphatic heterocycles. The van der Waals surface area contributed by atoms with E-state index in [1.165, 1.54) is 4.90 Å². The summed E-state index contributed by atoms with van der Waals surface area (Å²) >= 11 is 3.44. The van der Waals surface area contributed by atoms with E-state index < -0.39 is 16.9 Å². The van der Waals surface area contributed by atoms with Gasteiger partial charge in [-0.15, -0.1) is 0 Å². The summed E-state index contributed by atoms with van der Waals surface area (Å²) in [6, 6.07) is 14.2. The van der Waals surface area contributed by atoms with Crippen molar-refractivity contribution in [2.75, 3.05) is 5.32 Å². The van der Waals surface area contributed by atoms with Gasteiger partial charge < -0.3 is 5.32 Å². The Balaban J connectivity index is 1.72. The van der Waals surface area contributed by atoms with Crippen molar-refractivity contribution in [1.29, 1.82) is 0 Å². The second-order valence-electron chi connectivity index (χ2n) is 9.81. The van der Waals surface area contributed by atoms with Crippen molar-refractivity contribution >= 4 is 39.3 Å². The number of aryl methyl sites for hydroxylation is 1. The number of fused-ring (bicyclic) bond motifs is 2. The lowest BCUT2D eigenvalue weighted by Crippen LogP contribution is -2.64. The number of piperidine rings is 1. The predicted octanol–water partition coefficient (Wildman–Crippen LogP) is 5.12. The highest BCUT2D eigenvalue weighted by molar-refractivity contribution is 9.10. The molecule has 0 radical (unpaired) electrons. The van der Waals surface area contributed by atoms with Crippen molar-refractivity contribution in [3.8, 4) is 0 Å². The minimum atomic E-state index is -0.906. The van der Waals surface area contributed by atoms with Gasteiger partial charge in [-0.1, -0.05) is 67.0 Å². The first-order valence-corrected chi connectivity index (χ1v) is 11.8. The van der Waals surface area contributed by atoms with E-state index in [-0.39, 0.29) is 30.1 Å². The third kappa shape index (κ3) is 3.58. The molecule has 3 amide bonds. The maximum absolute atomic E-state index is 13.8. The number of nitrogens with zero attached hydrogens (tertiary/aromatic N) is 1. The monoisotopic (exact) mass is 496 g/mol. The van der Waals surface area contributed by atoms with Crippen LogP contribution in [0.5, 0.6) is 0 Å². The quantitative estimate of drug-likeness (QED) is 0.584. The summed E-state index contributed by atoms with van der Waals surface area (Å²) in [5, 5.41) is 2.97. The number of rotatable bonds is 5. The molecule has 2 aromatic carbocycles. The van der Waals surface area contributed by atoms with Crippen LogP contribution in [0.2, 0.25) is 0 Å². The molecule has 1 heterocycles. The maximum Gasteiger partial charge on any atom is 0.248 e. The molecule has 2 aromatic rings. The van der Waals surface area contributed by atoms with Gasteiger partial charge in [-0.2, -0.15) is 0 Å². The Morgan fingerprint density at radius 2 is 1.84 bits per heavy atom. The zero-order valence-corrected chi connectivity index (χ0v) is 20.5. The summed E-state index contributed by atoms with van der Waals surface area (Å²) in [6.45, 7) is 7.88. The van der Waals surface area contributed by atoms with Gasteiger partial charge in [0.1, 0.15) is 6.04 Å². The number of nitrogens with one attached hydrogen (secondary N) is 1. The van der Waals surface area contributed by atoms with Gasteiger partial charge in [-0.25, -0.2) is 0 Å². The fourth-order valence-corrected chi connectivity index (χ4v) is 5.74. The normalized spacial score (nSPS) is 25.0. The second kappa shape index (κ2) is 8.14. The molecule has 32 heavy (non-hydrogen) atoms. The molecule has 1 saturated carbocycles. The fraction of sp³-hybridized carbons (Fsp3) is 0.423. The molecule has 2 fully saturated rings. The highest BCUT2D eigenvalue weighted by Gasteiger charge is 2.65. The number of likely N-dealkylation sites (tertiary alicyclic amines) is 1. The number of hydrogen-bond donors (Lipinski definition) is 1. The van der Waals surface area contributed by atoms with Crippen LogP contribution in [0.15, 0.2) is 53.0 Å². The molecule has 6 heteroatoms. The van der Waals surface area contributed by atoms with Crippen LogP contribution in [0.1, 0.15) is 44.7 Å². The summed E-state index contributed by atoms with van der Waals surface area (Å²) < 4.78 is 0.918. The number of amides is 3. The van der Waals surface area contributed by atoms with Crippen LogP contribution in [-0.2, 0) is 20.8 Å². The number of benzene rings is 2. The SMILES string of the molecule is Cc1cc(Br)ccc1NC(=O)C(Cc1ccccc1)N1C(=O)C2CCC(C)(C1=O)C2(C)C. The van der Waals surface area contributed by atoms with Crippen LogP contribution < -0.4 is 5.32 Å². The van der Waals surface area contributed by atoms with E-state index in [2.05, 4.69) is 21.2 Å². The van der Waals surface area contributed by atoms with Crippen LogP contribution in [0.25, 0.3) is 0 Å². The Morgan fingerprint density at radius 1 is 1.16 bits per heavy atom. The Hall–Kier alpha value is -2.47. The molecule has 1 N–H and O–H groups in total. The summed E-state index contributed by atoms with van der Waals surface area (Å²) in [5.74, 6) is -1.06. The van der Waals surface area contributed by atoms with Crippen molar-refractivity contribution in [2.45, 2.75) is 53.0 Å². The minimum absolute atomic E-state index is 0.224. The molecule has 1 saturated heterocycles. The van der Waals surface area contributed by atoms with Crippen LogP contribution in [-0.4, -0.2) is 28.7 Å². The third-order valence-electron chi connectivity index (χ3n) is 7.79. The van der Waals surface area contributed by atoms with Gasteiger partial charge in [-0.05, 0) is 54.5 Å². The lowest BCUT2D eigenvalue weighted by atomic mass is 9.62. The first kappa shape index (κ1) is 22.7. The Morgan fingerprint density at radius 3 is 2.50 bits per heavy atom. The van der Waals surface area contributed by atoms with Crippen LogP contribution >= 0.6 is 15.9 Å². The summed E-state index contributed by atoms with van der Waals surface area (Å²) in [4.78, 5) is 42.2. The first-order valence-electron chi connectivity index (χ1n) is 11.0. The summed E-state index contributed by atoms with van der Waals surface area (Å²) in [6.07, 6.45) is 1.62.